The fourth-order valence-corrected chi connectivity index (χ4v) is 3.20. The Morgan fingerprint density at radius 2 is 1.86 bits per heavy atom. The van der Waals surface area contributed by atoms with E-state index in [1.165, 1.54) is 0 Å². The summed E-state index contributed by atoms with van der Waals surface area (Å²) in [6.45, 7) is 0. The van der Waals surface area contributed by atoms with Crippen molar-refractivity contribution in [3.63, 3.8) is 0 Å². The van der Waals surface area contributed by atoms with Gasteiger partial charge in [-0.05, 0) is 29.3 Å². The topological polar surface area (TPSA) is 40.5 Å². The summed E-state index contributed by atoms with van der Waals surface area (Å²) in [6, 6.07) is 10.6. The molecular weight excluding hydrogens is 309 g/mol. The van der Waals surface area contributed by atoms with Crippen molar-refractivity contribution in [2.45, 2.75) is 12.5 Å². The maximum absolute atomic E-state index is 11.7. The molecule has 2 aromatic carbocycles. The average molecular weight is 322 g/mol. The number of carbonyl (C=O) groups excluding carboxylic acids is 1. The Morgan fingerprint density at radius 1 is 1.19 bits per heavy atom. The van der Waals surface area contributed by atoms with Gasteiger partial charge in [-0.25, -0.2) is 0 Å². The molecular formula is C16H13Cl2NO2. The van der Waals surface area contributed by atoms with E-state index >= 15 is 0 Å². The molecule has 3 nitrogen and oxygen atoms in total. The molecule has 1 amide bonds. The van der Waals surface area contributed by atoms with Gasteiger partial charge in [0.15, 0.2) is 0 Å². The van der Waals surface area contributed by atoms with E-state index in [0.29, 0.717) is 27.6 Å². The van der Waals surface area contributed by atoms with Crippen LogP contribution in [0.25, 0.3) is 0 Å². The fourth-order valence-electron chi connectivity index (χ4n) is 2.60. The zero-order valence-electron chi connectivity index (χ0n) is 11.3. The molecule has 1 aliphatic rings. The van der Waals surface area contributed by atoms with Crippen LogP contribution in [0.15, 0.2) is 36.4 Å². The first-order chi connectivity index (χ1) is 9.99. The summed E-state index contributed by atoms with van der Waals surface area (Å²) in [7, 11) is 1.75. The maximum Gasteiger partial charge on any atom is 0.231 e. The second kappa shape index (κ2) is 5.34. The Balaban J connectivity index is 2.02. The molecule has 1 atom stereocenters. The van der Waals surface area contributed by atoms with Gasteiger partial charge in [0.05, 0.1) is 6.42 Å². The highest BCUT2D eigenvalue weighted by atomic mass is 35.5. The van der Waals surface area contributed by atoms with E-state index in [0.717, 1.165) is 11.3 Å². The molecule has 5 heteroatoms. The number of halogens is 2. The van der Waals surface area contributed by atoms with Crippen LogP contribution >= 0.6 is 23.2 Å². The summed E-state index contributed by atoms with van der Waals surface area (Å²) in [6.07, 6.45) is -0.569. The van der Waals surface area contributed by atoms with Crippen LogP contribution in [0, 0.1) is 0 Å². The number of fused-ring (bicyclic) bond motifs is 1. The number of carbonyl (C=O) groups is 1. The summed E-state index contributed by atoms with van der Waals surface area (Å²) in [5.41, 5.74) is 2.94. The first kappa shape index (κ1) is 14.4. The average Bonchev–Trinajstić information content (AvgIpc) is 2.73. The van der Waals surface area contributed by atoms with Gasteiger partial charge in [-0.3, -0.25) is 4.79 Å². The van der Waals surface area contributed by atoms with Crippen LogP contribution in [0.4, 0.5) is 5.69 Å². The number of hydrogen-bond acceptors (Lipinski definition) is 2. The van der Waals surface area contributed by atoms with Crippen LogP contribution in [0.5, 0.6) is 0 Å². The van der Waals surface area contributed by atoms with E-state index in [9.17, 15) is 9.90 Å². The normalized spacial score (nSPS) is 15.2. The maximum atomic E-state index is 11.7. The predicted octanol–water partition coefficient (Wildman–Crippen LogP) is 3.59. The predicted molar refractivity (Wildman–Crippen MR) is 84.1 cm³/mol. The van der Waals surface area contributed by atoms with Gasteiger partial charge >= 0.3 is 0 Å². The lowest BCUT2D eigenvalue weighted by molar-refractivity contribution is -0.117. The molecule has 3 rings (SSSR count). The summed E-state index contributed by atoms with van der Waals surface area (Å²) >= 11 is 12.3. The molecule has 1 heterocycles. The number of aliphatic hydroxyl groups excluding tert-OH is 1. The highest BCUT2D eigenvalue weighted by molar-refractivity contribution is 6.36. The first-order valence-corrected chi connectivity index (χ1v) is 7.26. The van der Waals surface area contributed by atoms with Crippen molar-refractivity contribution in [2.24, 2.45) is 0 Å². The van der Waals surface area contributed by atoms with E-state index in [4.69, 9.17) is 23.2 Å². The quantitative estimate of drug-likeness (QED) is 0.918. The largest absolute Gasteiger partial charge is 0.384 e. The number of anilines is 1. The van der Waals surface area contributed by atoms with Gasteiger partial charge in [-0.15, -0.1) is 0 Å². The molecule has 0 radical (unpaired) electrons. The van der Waals surface area contributed by atoms with E-state index in [1.807, 2.05) is 12.1 Å². The van der Waals surface area contributed by atoms with Gasteiger partial charge in [-0.2, -0.15) is 0 Å². The number of amides is 1. The van der Waals surface area contributed by atoms with Crippen molar-refractivity contribution in [3.8, 4) is 0 Å². The molecule has 21 heavy (non-hydrogen) atoms. The SMILES string of the molecule is CN1C(=O)Cc2cc(C(O)c3c(Cl)cccc3Cl)ccc21. The molecule has 0 saturated heterocycles. The molecule has 0 spiro atoms. The molecule has 0 aromatic heterocycles. The summed E-state index contributed by atoms with van der Waals surface area (Å²) < 4.78 is 0. The number of nitrogens with zero attached hydrogens (tertiary/aromatic N) is 1. The van der Waals surface area contributed by atoms with Gasteiger partial charge < -0.3 is 10.0 Å². The van der Waals surface area contributed by atoms with Crippen molar-refractivity contribution in [3.05, 3.63) is 63.1 Å². The van der Waals surface area contributed by atoms with E-state index in [1.54, 1.807) is 36.2 Å². The van der Waals surface area contributed by atoms with E-state index in [-0.39, 0.29) is 5.91 Å². The van der Waals surface area contributed by atoms with Crippen molar-refractivity contribution in [1.29, 1.82) is 0 Å². The minimum Gasteiger partial charge on any atom is -0.384 e. The number of benzene rings is 2. The second-order valence-corrected chi connectivity index (χ2v) is 5.87. The number of hydrogen-bond donors (Lipinski definition) is 1. The number of rotatable bonds is 2. The monoisotopic (exact) mass is 321 g/mol. The van der Waals surface area contributed by atoms with Gasteiger partial charge in [0.2, 0.25) is 5.91 Å². The number of likely N-dealkylation sites (N-methyl/N-ethyl adjacent to an activating group) is 1. The lowest BCUT2D eigenvalue weighted by Gasteiger charge is -2.16. The van der Waals surface area contributed by atoms with Crippen LogP contribution in [0.1, 0.15) is 22.8 Å². The third-order valence-corrected chi connectivity index (χ3v) is 4.43. The summed E-state index contributed by atoms with van der Waals surface area (Å²) in [5.74, 6) is 0.0485. The summed E-state index contributed by atoms with van der Waals surface area (Å²) in [4.78, 5) is 13.3. The molecule has 1 aliphatic heterocycles. The van der Waals surface area contributed by atoms with Crippen LogP contribution in [0.3, 0.4) is 0 Å². The highest BCUT2D eigenvalue weighted by Gasteiger charge is 2.26. The molecule has 1 unspecified atom stereocenters. The van der Waals surface area contributed by atoms with Crippen LogP contribution in [0.2, 0.25) is 10.0 Å². The van der Waals surface area contributed by atoms with Gasteiger partial charge in [0, 0.05) is 28.3 Å². The molecule has 0 aliphatic carbocycles. The zero-order chi connectivity index (χ0) is 15.1. The van der Waals surface area contributed by atoms with Gasteiger partial charge in [0.25, 0.3) is 0 Å². The Bertz CT molecular complexity index is 710. The molecule has 0 saturated carbocycles. The zero-order valence-corrected chi connectivity index (χ0v) is 12.8. The molecule has 0 fully saturated rings. The van der Waals surface area contributed by atoms with E-state index in [2.05, 4.69) is 0 Å². The molecule has 2 aromatic rings. The number of aliphatic hydroxyl groups is 1. The van der Waals surface area contributed by atoms with Crippen LogP contribution in [-0.4, -0.2) is 18.1 Å². The fraction of sp³-hybridized carbons (Fsp3) is 0.188. The molecule has 108 valence electrons. The smallest absolute Gasteiger partial charge is 0.231 e. The minimum atomic E-state index is -0.919. The van der Waals surface area contributed by atoms with Gasteiger partial charge in [0.1, 0.15) is 6.10 Å². The summed E-state index contributed by atoms with van der Waals surface area (Å²) in [5, 5.41) is 11.4. The third-order valence-electron chi connectivity index (χ3n) is 3.77. The highest BCUT2D eigenvalue weighted by Crippen LogP contribution is 2.36. The Hall–Kier alpha value is -1.55. The van der Waals surface area contributed by atoms with Crippen LogP contribution < -0.4 is 4.90 Å². The molecule has 1 N–H and O–H groups in total. The standard InChI is InChI=1S/C16H13Cl2NO2/c1-19-13-6-5-9(7-10(13)8-14(19)20)16(21)15-11(17)3-2-4-12(15)18/h2-7,16,21H,8H2,1H3. The Labute approximate surface area is 132 Å². The van der Waals surface area contributed by atoms with Gasteiger partial charge in [-0.1, -0.05) is 41.4 Å². The van der Waals surface area contributed by atoms with Crippen molar-refractivity contribution in [1.82, 2.24) is 0 Å². The van der Waals surface area contributed by atoms with Crippen molar-refractivity contribution in [2.75, 3.05) is 11.9 Å². The lowest BCUT2D eigenvalue weighted by Crippen LogP contribution is -2.20. The minimum absolute atomic E-state index is 0.0485. The van der Waals surface area contributed by atoms with Crippen molar-refractivity contribution < 1.29 is 9.90 Å². The van der Waals surface area contributed by atoms with E-state index < -0.39 is 6.10 Å². The van der Waals surface area contributed by atoms with Crippen LogP contribution in [-0.2, 0) is 11.2 Å². The first-order valence-electron chi connectivity index (χ1n) is 6.50. The Kier molecular flexibility index (Phi) is 3.66. The molecule has 0 bridgehead atoms. The van der Waals surface area contributed by atoms with Crippen molar-refractivity contribution >= 4 is 34.8 Å². The second-order valence-electron chi connectivity index (χ2n) is 5.06. The third kappa shape index (κ3) is 2.42. The lowest BCUT2D eigenvalue weighted by atomic mass is 9.98. The Morgan fingerprint density at radius 3 is 2.52 bits per heavy atom.